The summed E-state index contributed by atoms with van der Waals surface area (Å²) in [4.78, 5) is 27.2. The van der Waals surface area contributed by atoms with Gasteiger partial charge in [-0.05, 0) is 49.2 Å². The first-order valence-electron chi connectivity index (χ1n) is 8.07. The minimum atomic E-state index is -1.01. The van der Waals surface area contributed by atoms with E-state index in [0.29, 0.717) is 29.2 Å². The van der Waals surface area contributed by atoms with Crippen LogP contribution in [-0.2, 0) is 9.59 Å². The molecule has 0 atom stereocenters. The molecule has 0 unspecified atom stereocenters. The van der Waals surface area contributed by atoms with Crippen molar-refractivity contribution in [2.24, 2.45) is 5.41 Å². The van der Waals surface area contributed by atoms with Gasteiger partial charge in [-0.3, -0.25) is 9.59 Å². The molecule has 0 radical (unpaired) electrons. The largest absolute Gasteiger partial charge is 0.378 e. The van der Waals surface area contributed by atoms with Crippen LogP contribution in [0.4, 0.5) is 17.1 Å². The molecule has 1 saturated carbocycles. The molecular weight excluding hydrogens is 338 g/mol. The average Bonchev–Trinajstić information content (AvgIpc) is 3.39. The topological polar surface area (TPSA) is 61.4 Å². The van der Waals surface area contributed by atoms with E-state index in [1.165, 1.54) is 0 Å². The summed E-state index contributed by atoms with van der Waals surface area (Å²) >= 11 is 6.07. The van der Waals surface area contributed by atoms with E-state index in [1.807, 2.05) is 43.3 Å². The molecular formula is C19H20ClN3O2. The quantitative estimate of drug-likeness (QED) is 0.801. The molecule has 1 aliphatic carbocycles. The van der Waals surface area contributed by atoms with Gasteiger partial charge in [0, 0.05) is 25.5 Å². The summed E-state index contributed by atoms with van der Waals surface area (Å²) in [6, 6.07) is 14.5. The van der Waals surface area contributed by atoms with Gasteiger partial charge in [0.2, 0.25) is 11.8 Å². The predicted octanol–water partition coefficient (Wildman–Crippen LogP) is 3.76. The second-order valence-electron chi connectivity index (χ2n) is 6.41. The Kier molecular flexibility index (Phi) is 4.68. The van der Waals surface area contributed by atoms with E-state index in [9.17, 15) is 9.59 Å². The molecule has 0 bridgehead atoms. The molecule has 3 rings (SSSR count). The Labute approximate surface area is 152 Å². The summed E-state index contributed by atoms with van der Waals surface area (Å²) in [5.74, 6) is -0.599. The fraction of sp³-hybridized carbons (Fsp3) is 0.263. The van der Waals surface area contributed by atoms with E-state index in [-0.39, 0.29) is 11.8 Å². The highest BCUT2D eigenvalue weighted by atomic mass is 35.5. The third kappa shape index (κ3) is 3.61. The van der Waals surface area contributed by atoms with Crippen LogP contribution in [0.15, 0.2) is 48.5 Å². The van der Waals surface area contributed by atoms with Gasteiger partial charge in [0.05, 0.1) is 10.7 Å². The first kappa shape index (κ1) is 17.3. The molecule has 0 heterocycles. The van der Waals surface area contributed by atoms with Crippen molar-refractivity contribution in [3.05, 3.63) is 53.6 Å². The number of amides is 2. The van der Waals surface area contributed by atoms with Crippen LogP contribution in [0.3, 0.4) is 0 Å². The Morgan fingerprint density at radius 3 is 2.12 bits per heavy atom. The molecule has 1 fully saturated rings. The molecule has 6 heteroatoms. The number of nitrogens with zero attached hydrogens (tertiary/aromatic N) is 1. The third-order valence-electron chi connectivity index (χ3n) is 4.38. The number of hydrogen-bond acceptors (Lipinski definition) is 3. The van der Waals surface area contributed by atoms with Gasteiger partial charge in [-0.1, -0.05) is 23.7 Å². The summed E-state index contributed by atoms with van der Waals surface area (Å²) in [5, 5.41) is 6.06. The monoisotopic (exact) mass is 357 g/mol. The van der Waals surface area contributed by atoms with Crippen molar-refractivity contribution in [3.8, 4) is 0 Å². The van der Waals surface area contributed by atoms with Gasteiger partial charge in [0.25, 0.3) is 0 Å². The molecule has 0 saturated heterocycles. The molecule has 0 aromatic heterocycles. The van der Waals surface area contributed by atoms with Crippen LogP contribution >= 0.6 is 11.6 Å². The molecule has 0 aliphatic heterocycles. The maximum absolute atomic E-state index is 12.6. The van der Waals surface area contributed by atoms with Gasteiger partial charge in [0.1, 0.15) is 5.41 Å². The zero-order valence-corrected chi connectivity index (χ0v) is 14.9. The standard InChI is InChI=1S/C19H20ClN3O2/c1-23(2)14-9-7-13(8-10-14)21-17(24)19(11-12-19)18(25)22-16-6-4-3-5-15(16)20/h3-10H,11-12H2,1-2H3,(H,21,24)(H,22,25). The molecule has 0 spiro atoms. The highest BCUT2D eigenvalue weighted by Gasteiger charge is 2.56. The first-order chi connectivity index (χ1) is 11.9. The second-order valence-corrected chi connectivity index (χ2v) is 6.82. The molecule has 5 nitrogen and oxygen atoms in total. The van der Waals surface area contributed by atoms with E-state index < -0.39 is 5.41 Å². The molecule has 2 aromatic rings. The number of halogens is 1. The number of hydrogen-bond donors (Lipinski definition) is 2. The van der Waals surface area contributed by atoms with Crippen LogP contribution in [0.5, 0.6) is 0 Å². The van der Waals surface area contributed by atoms with E-state index in [4.69, 9.17) is 11.6 Å². The van der Waals surface area contributed by atoms with Gasteiger partial charge < -0.3 is 15.5 Å². The summed E-state index contributed by atoms with van der Waals surface area (Å²) in [7, 11) is 3.90. The number of nitrogens with one attached hydrogen (secondary N) is 2. The van der Waals surface area contributed by atoms with E-state index in [0.717, 1.165) is 5.69 Å². The number of carbonyl (C=O) groups excluding carboxylic acids is 2. The molecule has 2 aromatic carbocycles. The third-order valence-corrected chi connectivity index (χ3v) is 4.71. The maximum Gasteiger partial charge on any atom is 0.240 e. The van der Waals surface area contributed by atoms with Gasteiger partial charge in [0.15, 0.2) is 0 Å². The van der Waals surface area contributed by atoms with Crippen molar-refractivity contribution in [1.82, 2.24) is 0 Å². The SMILES string of the molecule is CN(C)c1ccc(NC(=O)C2(C(=O)Nc3ccccc3Cl)CC2)cc1. The van der Waals surface area contributed by atoms with Crippen LogP contribution in [0.25, 0.3) is 0 Å². The number of para-hydroxylation sites is 1. The Morgan fingerprint density at radius 2 is 1.56 bits per heavy atom. The van der Waals surface area contributed by atoms with Gasteiger partial charge in [-0.15, -0.1) is 0 Å². The minimum absolute atomic E-state index is 0.283. The lowest BCUT2D eigenvalue weighted by Gasteiger charge is -2.17. The van der Waals surface area contributed by atoms with Crippen molar-refractivity contribution >= 4 is 40.5 Å². The number of rotatable bonds is 5. The molecule has 2 N–H and O–H groups in total. The summed E-state index contributed by atoms with van der Waals surface area (Å²) in [6.07, 6.45) is 1.07. The first-order valence-corrected chi connectivity index (χ1v) is 8.45. The molecule has 25 heavy (non-hydrogen) atoms. The number of anilines is 3. The Bertz CT molecular complexity index is 799. The van der Waals surface area contributed by atoms with Crippen LogP contribution < -0.4 is 15.5 Å². The van der Waals surface area contributed by atoms with Crippen LogP contribution in [0.1, 0.15) is 12.8 Å². The lowest BCUT2D eigenvalue weighted by Crippen LogP contribution is -2.35. The van der Waals surface area contributed by atoms with Gasteiger partial charge in [-0.25, -0.2) is 0 Å². The minimum Gasteiger partial charge on any atom is -0.378 e. The lowest BCUT2D eigenvalue weighted by molar-refractivity contribution is -0.131. The van der Waals surface area contributed by atoms with Crippen molar-refractivity contribution < 1.29 is 9.59 Å². The van der Waals surface area contributed by atoms with Gasteiger partial charge in [-0.2, -0.15) is 0 Å². The predicted molar refractivity (Wildman–Crippen MR) is 101 cm³/mol. The Hall–Kier alpha value is -2.53. The molecule has 130 valence electrons. The van der Waals surface area contributed by atoms with E-state index in [1.54, 1.807) is 24.3 Å². The van der Waals surface area contributed by atoms with Crippen molar-refractivity contribution in [1.29, 1.82) is 0 Å². The zero-order chi connectivity index (χ0) is 18.0. The zero-order valence-electron chi connectivity index (χ0n) is 14.2. The summed E-state index contributed by atoms with van der Waals surface area (Å²) < 4.78 is 0. The second kappa shape index (κ2) is 6.76. The number of benzene rings is 2. The van der Waals surface area contributed by atoms with Gasteiger partial charge >= 0.3 is 0 Å². The van der Waals surface area contributed by atoms with Crippen LogP contribution in [0.2, 0.25) is 5.02 Å². The van der Waals surface area contributed by atoms with Crippen LogP contribution in [-0.4, -0.2) is 25.9 Å². The fourth-order valence-electron chi connectivity index (χ4n) is 2.58. The average molecular weight is 358 g/mol. The van der Waals surface area contributed by atoms with Crippen molar-refractivity contribution in [3.63, 3.8) is 0 Å². The Balaban J connectivity index is 1.68. The summed E-state index contributed by atoms with van der Waals surface area (Å²) in [5.41, 5.74) is 1.21. The van der Waals surface area contributed by atoms with E-state index in [2.05, 4.69) is 10.6 Å². The molecule has 2 amide bonds. The number of carbonyl (C=O) groups is 2. The van der Waals surface area contributed by atoms with Crippen molar-refractivity contribution in [2.75, 3.05) is 29.6 Å². The lowest BCUT2D eigenvalue weighted by atomic mass is 10.0. The highest BCUT2D eigenvalue weighted by molar-refractivity contribution is 6.34. The Morgan fingerprint density at radius 1 is 0.960 bits per heavy atom. The van der Waals surface area contributed by atoms with E-state index >= 15 is 0 Å². The molecule has 1 aliphatic rings. The normalized spacial score (nSPS) is 14.5. The summed E-state index contributed by atoms with van der Waals surface area (Å²) in [6.45, 7) is 0. The smallest absolute Gasteiger partial charge is 0.240 e. The fourth-order valence-corrected chi connectivity index (χ4v) is 2.76. The highest BCUT2D eigenvalue weighted by Crippen LogP contribution is 2.47. The van der Waals surface area contributed by atoms with Crippen LogP contribution in [0, 0.1) is 5.41 Å². The van der Waals surface area contributed by atoms with Crippen molar-refractivity contribution in [2.45, 2.75) is 12.8 Å². The maximum atomic E-state index is 12.6.